The fraction of sp³-hybridized carbons (Fsp3) is 0.222. The molecule has 0 aliphatic carbocycles. The lowest BCUT2D eigenvalue weighted by atomic mass is 9.97. The molecule has 1 atom stereocenters. The van der Waals surface area contributed by atoms with Crippen LogP contribution in [0.5, 0.6) is 0 Å². The zero-order valence-corrected chi connectivity index (χ0v) is 12.5. The standard InChI is InChI=1S/C18H19NS/c1-2-13-10-11-20-18(13)17(19)12-15-8-5-7-14-6-3-4-9-16(14)15/h3-11,17H,2,12,19H2,1H3. The topological polar surface area (TPSA) is 26.0 Å². The summed E-state index contributed by atoms with van der Waals surface area (Å²) in [7, 11) is 0. The Morgan fingerprint density at radius 2 is 1.80 bits per heavy atom. The van der Waals surface area contributed by atoms with Crippen LogP contribution < -0.4 is 5.73 Å². The lowest BCUT2D eigenvalue weighted by molar-refractivity contribution is 0.731. The minimum atomic E-state index is 0.0933. The molecule has 0 spiro atoms. The number of thiophene rings is 1. The lowest BCUT2D eigenvalue weighted by Gasteiger charge is -2.14. The predicted octanol–water partition coefficient (Wildman–Crippen LogP) is 4.71. The van der Waals surface area contributed by atoms with Crippen molar-refractivity contribution in [1.82, 2.24) is 0 Å². The Balaban J connectivity index is 1.93. The van der Waals surface area contributed by atoms with E-state index < -0.39 is 0 Å². The van der Waals surface area contributed by atoms with E-state index in [9.17, 15) is 0 Å². The van der Waals surface area contributed by atoms with Crippen molar-refractivity contribution in [3.8, 4) is 0 Å². The molecule has 1 nitrogen and oxygen atoms in total. The van der Waals surface area contributed by atoms with E-state index in [-0.39, 0.29) is 6.04 Å². The molecular formula is C18H19NS. The summed E-state index contributed by atoms with van der Waals surface area (Å²) in [5.74, 6) is 0. The Bertz CT molecular complexity index is 709. The molecule has 0 aliphatic rings. The summed E-state index contributed by atoms with van der Waals surface area (Å²) in [4.78, 5) is 1.33. The van der Waals surface area contributed by atoms with E-state index in [0.717, 1.165) is 12.8 Å². The van der Waals surface area contributed by atoms with E-state index >= 15 is 0 Å². The third-order valence-electron chi connectivity index (χ3n) is 3.82. The van der Waals surface area contributed by atoms with Crippen LogP contribution in [-0.4, -0.2) is 0 Å². The molecule has 1 aromatic heterocycles. The zero-order valence-electron chi connectivity index (χ0n) is 11.7. The maximum atomic E-state index is 6.45. The van der Waals surface area contributed by atoms with Crippen LogP contribution in [0.1, 0.15) is 29.0 Å². The van der Waals surface area contributed by atoms with Gasteiger partial charge in [0.15, 0.2) is 0 Å². The number of fused-ring (bicyclic) bond motifs is 1. The molecule has 3 aromatic rings. The van der Waals surface area contributed by atoms with E-state index in [2.05, 4.69) is 60.8 Å². The van der Waals surface area contributed by atoms with Crippen LogP contribution in [-0.2, 0) is 12.8 Å². The van der Waals surface area contributed by atoms with Gasteiger partial charge in [0.1, 0.15) is 0 Å². The van der Waals surface area contributed by atoms with Crippen LogP contribution >= 0.6 is 11.3 Å². The molecule has 20 heavy (non-hydrogen) atoms. The molecule has 0 saturated carbocycles. The van der Waals surface area contributed by atoms with Crippen molar-refractivity contribution in [2.24, 2.45) is 5.73 Å². The summed E-state index contributed by atoms with van der Waals surface area (Å²) in [6.07, 6.45) is 1.96. The average Bonchev–Trinajstić information content (AvgIpc) is 2.96. The number of hydrogen-bond donors (Lipinski definition) is 1. The molecule has 0 bridgehead atoms. The normalized spacial score (nSPS) is 12.7. The quantitative estimate of drug-likeness (QED) is 0.736. The molecule has 0 aliphatic heterocycles. The number of hydrogen-bond acceptors (Lipinski definition) is 2. The summed E-state index contributed by atoms with van der Waals surface area (Å²) >= 11 is 1.78. The van der Waals surface area contributed by atoms with Crippen molar-refractivity contribution in [2.75, 3.05) is 0 Å². The number of rotatable bonds is 4. The second-order valence-corrected chi connectivity index (χ2v) is 6.06. The third-order valence-corrected chi connectivity index (χ3v) is 4.91. The second kappa shape index (κ2) is 5.78. The molecule has 0 saturated heterocycles. The van der Waals surface area contributed by atoms with Gasteiger partial charge in [-0.25, -0.2) is 0 Å². The molecule has 1 heterocycles. The van der Waals surface area contributed by atoms with Gasteiger partial charge < -0.3 is 5.73 Å². The fourth-order valence-corrected chi connectivity index (χ4v) is 3.77. The highest BCUT2D eigenvalue weighted by Gasteiger charge is 2.13. The molecule has 0 amide bonds. The highest BCUT2D eigenvalue weighted by Crippen LogP contribution is 2.28. The zero-order chi connectivity index (χ0) is 13.9. The molecule has 1 unspecified atom stereocenters. The van der Waals surface area contributed by atoms with Gasteiger partial charge in [-0.1, -0.05) is 49.4 Å². The van der Waals surface area contributed by atoms with E-state index in [0.29, 0.717) is 0 Å². The molecule has 2 heteroatoms. The largest absolute Gasteiger partial charge is 0.323 e. The SMILES string of the molecule is CCc1ccsc1C(N)Cc1cccc2ccccc12. The first-order chi connectivity index (χ1) is 9.79. The van der Waals surface area contributed by atoms with Crippen molar-refractivity contribution in [1.29, 1.82) is 0 Å². The highest BCUT2D eigenvalue weighted by molar-refractivity contribution is 7.10. The number of nitrogens with two attached hydrogens (primary N) is 1. The van der Waals surface area contributed by atoms with E-state index in [4.69, 9.17) is 5.73 Å². The van der Waals surface area contributed by atoms with Crippen LogP contribution in [0.2, 0.25) is 0 Å². The van der Waals surface area contributed by atoms with Crippen molar-refractivity contribution in [2.45, 2.75) is 25.8 Å². The van der Waals surface area contributed by atoms with Gasteiger partial charge in [0.05, 0.1) is 0 Å². The van der Waals surface area contributed by atoms with Crippen molar-refractivity contribution >= 4 is 22.1 Å². The van der Waals surface area contributed by atoms with Crippen molar-refractivity contribution < 1.29 is 0 Å². The van der Waals surface area contributed by atoms with Gasteiger partial charge in [-0.15, -0.1) is 11.3 Å². The minimum Gasteiger partial charge on any atom is -0.323 e. The molecule has 0 radical (unpaired) electrons. The lowest BCUT2D eigenvalue weighted by Crippen LogP contribution is -2.13. The Kier molecular flexibility index (Phi) is 3.86. The molecule has 0 fully saturated rings. The number of aryl methyl sites for hydroxylation is 1. The van der Waals surface area contributed by atoms with Crippen LogP contribution in [0.3, 0.4) is 0 Å². The van der Waals surface area contributed by atoms with Gasteiger partial charge in [-0.3, -0.25) is 0 Å². The molecule has 2 N–H and O–H groups in total. The first-order valence-electron chi connectivity index (χ1n) is 7.08. The minimum absolute atomic E-state index is 0.0933. The molecule has 102 valence electrons. The maximum absolute atomic E-state index is 6.45. The van der Waals surface area contributed by atoms with Crippen LogP contribution in [0.25, 0.3) is 10.8 Å². The van der Waals surface area contributed by atoms with Crippen LogP contribution in [0.15, 0.2) is 53.9 Å². The Morgan fingerprint density at radius 1 is 1.00 bits per heavy atom. The fourth-order valence-electron chi connectivity index (χ4n) is 2.76. The monoisotopic (exact) mass is 281 g/mol. The van der Waals surface area contributed by atoms with Crippen LogP contribution in [0.4, 0.5) is 0 Å². The van der Waals surface area contributed by atoms with Gasteiger partial charge in [-0.2, -0.15) is 0 Å². The summed E-state index contributed by atoms with van der Waals surface area (Å²) in [6, 6.07) is 17.3. The number of benzene rings is 2. The van der Waals surface area contributed by atoms with Crippen LogP contribution in [0, 0.1) is 0 Å². The average molecular weight is 281 g/mol. The molecular weight excluding hydrogens is 262 g/mol. The van der Waals surface area contributed by atoms with Gasteiger partial charge in [0.25, 0.3) is 0 Å². The Morgan fingerprint density at radius 3 is 2.65 bits per heavy atom. The second-order valence-electron chi connectivity index (χ2n) is 5.11. The van der Waals surface area contributed by atoms with Gasteiger partial charge in [0.2, 0.25) is 0 Å². The summed E-state index contributed by atoms with van der Waals surface area (Å²) in [5.41, 5.74) is 9.18. The van der Waals surface area contributed by atoms with Crippen molar-refractivity contribution in [3.63, 3.8) is 0 Å². The molecule has 2 aromatic carbocycles. The first kappa shape index (κ1) is 13.3. The van der Waals surface area contributed by atoms with E-state index in [1.54, 1.807) is 11.3 Å². The predicted molar refractivity (Wildman–Crippen MR) is 88.3 cm³/mol. The van der Waals surface area contributed by atoms with E-state index in [1.165, 1.54) is 26.8 Å². The Hall–Kier alpha value is -1.64. The Labute approximate surface area is 124 Å². The molecule has 3 rings (SSSR count). The van der Waals surface area contributed by atoms with Crippen molar-refractivity contribution in [3.05, 3.63) is 69.9 Å². The third kappa shape index (κ3) is 2.49. The summed E-state index contributed by atoms with van der Waals surface area (Å²) < 4.78 is 0. The smallest absolute Gasteiger partial charge is 0.0433 e. The first-order valence-corrected chi connectivity index (χ1v) is 7.96. The maximum Gasteiger partial charge on any atom is 0.0433 e. The van der Waals surface area contributed by atoms with Gasteiger partial charge >= 0.3 is 0 Å². The van der Waals surface area contributed by atoms with Gasteiger partial charge in [-0.05, 0) is 46.2 Å². The highest BCUT2D eigenvalue weighted by atomic mass is 32.1. The van der Waals surface area contributed by atoms with E-state index in [1.807, 2.05) is 0 Å². The summed E-state index contributed by atoms with van der Waals surface area (Å²) in [6.45, 7) is 2.19. The van der Waals surface area contributed by atoms with Gasteiger partial charge in [0, 0.05) is 10.9 Å². The summed E-state index contributed by atoms with van der Waals surface area (Å²) in [5, 5.41) is 4.76.